The summed E-state index contributed by atoms with van der Waals surface area (Å²) < 4.78 is 0. The van der Waals surface area contributed by atoms with Crippen molar-refractivity contribution in [1.82, 2.24) is 10.3 Å². The molecule has 1 unspecified atom stereocenters. The van der Waals surface area contributed by atoms with Crippen molar-refractivity contribution in [3.63, 3.8) is 0 Å². The first-order valence-electron chi connectivity index (χ1n) is 5.99. The van der Waals surface area contributed by atoms with Crippen LogP contribution in [0.25, 0.3) is 0 Å². The lowest BCUT2D eigenvalue weighted by Gasteiger charge is -2.15. The fourth-order valence-electron chi connectivity index (χ4n) is 1.66. The third kappa shape index (κ3) is 3.85. The monoisotopic (exact) mass is 309 g/mol. The molecule has 0 aliphatic carbocycles. The minimum atomic E-state index is -0.356. The van der Waals surface area contributed by atoms with Crippen molar-refractivity contribution in [1.29, 1.82) is 0 Å². The zero-order chi connectivity index (χ0) is 14.5. The van der Waals surface area contributed by atoms with Gasteiger partial charge in [0.05, 0.1) is 16.8 Å². The Kier molecular flexibility index (Phi) is 4.82. The number of hydrogen-bond donors (Lipinski definition) is 2. The molecule has 4 nitrogen and oxygen atoms in total. The average molecular weight is 310 g/mol. The van der Waals surface area contributed by atoms with E-state index in [-0.39, 0.29) is 12.1 Å². The Morgan fingerprint density at radius 2 is 2.10 bits per heavy atom. The summed E-state index contributed by atoms with van der Waals surface area (Å²) in [4.78, 5) is 15.9. The fraction of sp³-hybridized carbons (Fsp3) is 0.143. The maximum atomic E-state index is 11.9. The summed E-state index contributed by atoms with van der Waals surface area (Å²) in [5, 5.41) is 6.40. The van der Waals surface area contributed by atoms with Gasteiger partial charge in [0.1, 0.15) is 0 Å². The molecule has 2 amide bonds. The molecule has 0 bridgehead atoms. The Balaban J connectivity index is 2.01. The predicted octanol–water partition coefficient (Wildman–Crippen LogP) is 4.27. The van der Waals surface area contributed by atoms with Gasteiger partial charge < -0.3 is 10.6 Å². The van der Waals surface area contributed by atoms with Crippen LogP contribution < -0.4 is 10.6 Å². The fourth-order valence-corrected chi connectivity index (χ4v) is 2.00. The molecule has 2 N–H and O–H groups in total. The molecule has 0 aliphatic rings. The van der Waals surface area contributed by atoms with Crippen LogP contribution in [0.4, 0.5) is 10.5 Å². The SMILES string of the molecule is CC(NC(=O)Nc1cc(Cl)ccc1Cl)c1cccnc1. The molecule has 0 spiro atoms. The zero-order valence-electron chi connectivity index (χ0n) is 10.7. The van der Waals surface area contributed by atoms with Gasteiger partial charge in [0.2, 0.25) is 0 Å². The summed E-state index contributed by atoms with van der Waals surface area (Å²) in [5.41, 5.74) is 1.38. The van der Waals surface area contributed by atoms with E-state index >= 15 is 0 Å². The number of benzene rings is 1. The predicted molar refractivity (Wildman–Crippen MR) is 81.3 cm³/mol. The zero-order valence-corrected chi connectivity index (χ0v) is 12.2. The number of carbonyl (C=O) groups is 1. The largest absolute Gasteiger partial charge is 0.331 e. The number of halogens is 2. The van der Waals surface area contributed by atoms with Gasteiger partial charge in [-0.25, -0.2) is 4.79 Å². The summed E-state index contributed by atoms with van der Waals surface area (Å²) in [5.74, 6) is 0. The van der Waals surface area contributed by atoms with E-state index in [4.69, 9.17) is 23.2 Å². The van der Waals surface area contributed by atoms with Crippen LogP contribution >= 0.6 is 23.2 Å². The van der Waals surface area contributed by atoms with Gasteiger partial charge in [0, 0.05) is 17.4 Å². The number of nitrogens with zero attached hydrogens (tertiary/aromatic N) is 1. The van der Waals surface area contributed by atoms with Gasteiger partial charge in [-0.05, 0) is 36.8 Å². The highest BCUT2D eigenvalue weighted by Crippen LogP contribution is 2.25. The number of carbonyl (C=O) groups excluding carboxylic acids is 1. The van der Waals surface area contributed by atoms with Gasteiger partial charge in [-0.3, -0.25) is 4.98 Å². The van der Waals surface area contributed by atoms with Crippen LogP contribution in [0.3, 0.4) is 0 Å². The maximum Gasteiger partial charge on any atom is 0.319 e. The van der Waals surface area contributed by atoms with E-state index in [1.807, 2.05) is 19.1 Å². The molecule has 1 heterocycles. The average Bonchev–Trinajstić information content (AvgIpc) is 2.43. The standard InChI is InChI=1S/C14H13Cl2N3O/c1-9(10-3-2-6-17-8-10)18-14(20)19-13-7-11(15)4-5-12(13)16/h2-9H,1H3,(H2,18,19,20). The molecule has 20 heavy (non-hydrogen) atoms. The van der Waals surface area contributed by atoms with E-state index in [1.165, 1.54) is 0 Å². The molecule has 0 aliphatic heterocycles. The Morgan fingerprint density at radius 1 is 1.30 bits per heavy atom. The highest BCUT2D eigenvalue weighted by Gasteiger charge is 2.11. The Morgan fingerprint density at radius 3 is 2.80 bits per heavy atom. The quantitative estimate of drug-likeness (QED) is 0.889. The minimum Gasteiger partial charge on any atom is -0.331 e. The van der Waals surface area contributed by atoms with Crippen LogP contribution in [0.15, 0.2) is 42.7 Å². The highest BCUT2D eigenvalue weighted by atomic mass is 35.5. The third-order valence-corrected chi connectivity index (χ3v) is 3.27. The number of urea groups is 1. The van der Waals surface area contributed by atoms with Gasteiger partial charge in [-0.15, -0.1) is 0 Å². The molecule has 0 saturated carbocycles. The van der Waals surface area contributed by atoms with Crippen molar-refractivity contribution in [2.45, 2.75) is 13.0 Å². The van der Waals surface area contributed by atoms with E-state index in [1.54, 1.807) is 30.6 Å². The Hall–Kier alpha value is -1.78. The summed E-state index contributed by atoms with van der Waals surface area (Å²) in [6.07, 6.45) is 3.39. The first-order valence-corrected chi connectivity index (χ1v) is 6.74. The first-order chi connectivity index (χ1) is 9.56. The summed E-state index contributed by atoms with van der Waals surface area (Å²) in [6.45, 7) is 1.87. The molecule has 2 rings (SSSR count). The van der Waals surface area contributed by atoms with Gasteiger partial charge in [-0.1, -0.05) is 29.3 Å². The van der Waals surface area contributed by atoms with Crippen LogP contribution in [-0.2, 0) is 0 Å². The van der Waals surface area contributed by atoms with Crippen molar-refractivity contribution < 1.29 is 4.79 Å². The van der Waals surface area contributed by atoms with Crippen LogP contribution in [0.1, 0.15) is 18.5 Å². The van der Waals surface area contributed by atoms with Gasteiger partial charge in [0.15, 0.2) is 0 Å². The van der Waals surface area contributed by atoms with E-state index in [2.05, 4.69) is 15.6 Å². The van der Waals surface area contributed by atoms with Crippen molar-refractivity contribution >= 4 is 34.9 Å². The van der Waals surface area contributed by atoms with E-state index in [0.717, 1.165) is 5.56 Å². The van der Waals surface area contributed by atoms with Crippen molar-refractivity contribution in [2.24, 2.45) is 0 Å². The number of aromatic nitrogens is 1. The number of amides is 2. The molecule has 2 aromatic rings. The smallest absolute Gasteiger partial charge is 0.319 e. The first kappa shape index (κ1) is 14.6. The number of pyridine rings is 1. The lowest BCUT2D eigenvalue weighted by molar-refractivity contribution is 0.249. The molecule has 0 fully saturated rings. The Labute approximate surface area is 127 Å². The van der Waals surface area contributed by atoms with Crippen LogP contribution in [0.5, 0.6) is 0 Å². The second-order valence-corrected chi connectivity index (χ2v) is 5.07. The maximum absolute atomic E-state index is 11.9. The summed E-state index contributed by atoms with van der Waals surface area (Å²) in [6, 6.07) is 8.07. The third-order valence-electron chi connectivity index (χ3n) is 2.71. The van der Waals surface area contributed by atoms with Crippen LogP contribution in [0.2, 0.25) is 10.0 Å². The molecule has 0 saturated heterocycles. The van der Waals surface area contributed by atoms with E-state index in [9.17, 15) is 4.79 Å². The van der Waals surface area contributed by atoms with Gasteiger partial charge >= 0.3 is 6.03 Å². The molecule has 1 aromatic carbocycles. The van der Waals surface area contributed by atoms with E-state index < -0.39 is 0 Å². The van der Waals surface area contributed by atoms with Crippen molar-refractivity contribution in [2.75, 3.05) is 5.32 Å². The van der Waals surface area contributed by atoms with E-state index in [0.29, 0.717) is 15.7 Å². The molecule has 6 heteroatoms. The number of anilines is 1. The molecule has 0 radical (unpaired) electrons. The Bertz CT molecular complexity index is 605. The lowest BCUT2D eigenvalue weighted by Crippen LogP contribution is -2.31. The topological polar surface area (TPSA) is 54.0 Å². The van der Waals surface area contributed by atoms with Crippen LogP contribution in [-0.4, -0.2) is 11.0 Å². The normalized spacial score (nSPS) is 11.8. The van der Waals surface area contributed by atoms with Crippen LogP contribution in [0, 0.1) is 0 Å². The second-order valence-electron chi connectivity index (χ2n) is 4.23. The van der Waals surface area contributed by atoms with Crippen molar-refractivity contribution in [3.8, 4) is 0 Å². The summed E-state index contributed by atoms with van der Waals surface area (Å²) in [7, 11) is 0. The number of nitrogens with one attached hydrogen (secondary N) is 2. The van der Waals surface area contributed by atoms with Gasteiger partial charge in [-0.2, -0.15) is 0 Å². The molecule has 1 atom stereocenters. The number of rotatable bonds is 3. The number of hydrogen-bond acceptors (Lipinski definition) is 2. The van der Waals surface area contributed by atoms with Crippen molar-refractivity contribution in [3.05, 3.63) is 58.3 Å². The molecular formula is C14H13Cl2N3O. The highest BCUT2D eigenvalue weighted by molar-refractivity contribution is 6.35. The lowest BCUT2D eigenvalue weighted by atomic mass is 10.1. The molecule has 1 aromatic heterocycles. The second kappa shape index (κ2) is 6.59. The molecule has 104 valence electrons. The van der Waals surface area contributed by atoms with Gasteiger partial charge in [0.25, 0.3) is 0 Å². The minimum absolute atomic E-state index is 0.165. The summed E-state index contributed by atoms with van der Waals surface area (Å²) >= 11 is 11.8. The molecular weight excluding hydrogens is 297 g/mol.